The summed E-state index contributed by atoms with van der Waals surface area (Å²) in [5, 5.41) is 13.8. The fourth-order valence-electron chi connectivity index (χ4n) is 10.4. The van der Waals surface area contributed by atoms with Crippen molar-refractivity contribution in [1.82, 2.24) is 0 Å². The molecule has 278 valence electrons. The van der Waals surface area contributed by atoms with Crippen molar-refractivity contribution in [2.24, 2.45) is 0 Å². The lowest BCUT2D eigenvalue weighted by Crippen LogP contribution is -2.93. The zero-order chi connectivity index (χ0) is 39.0. The van der Waals surface area contributed by atoms with Crippen LogP contribution in [0, 0.1) is 0 Å². The Labute approximate surface area is 349 Å². The molecule has 2 aliphatic rings. The van der Waals surface area contributed by atoms with Gasteiger partial charge in [0.15, 0.2) is 16.1 Å². The van der Waals surface area contributed by atoms with Crippen molar-refractivity contribution in [1.29, 1.82) is 0 Å². The van der Waals surface area contributed by atoms with Gasteiger partial charge in [-0.2, -0.15) is 0 Å². The zero-order valence-corrected chi connectivity index (χ0v) is 34.9. The Bertz CT molecular complexity index is 3130. The van der Waals surface area contributed by atoms with Crippen LogP contribution in [0.4, 0.5) is 17.1 Å². The van der Waals surface area contributed by atoms with Gasteiger partial charge < -0.3 is 9.64 Å². The van der Waals surface area contributed by atoms with Gasteiger partial charge in [0.2, 0.25) is 0 Å². The standard InChI is InChI=1S/C54H37NOSSi2/c1-4-18-38(19-5-1)55(39-33-35-48-44(36-39)43-24-10-12-26-47(43)57-48)40-32-34-46-54(37-40)59(49-27-13-11-25-45(49)56-46)52-30-16-14-28-50(52)58(41-20-6-2-7-21-41,42-22-8-3-9-23-42)51-29-15-17-31-53(51)59/h1-37H. The van der Waals surface area contributed by atoms with Gasteiger partial charge in [0, 0.05) is 37.2 Å². The van der Waals surface area contributed by atoms with E-state index in [0.29, 0.717) is 0 Å². The van der Waals surface area contributed by atoms with Crippen LogP contribution in [0.5, 0.6) is 11.5 Å². The van der Waals surface area contributed by atoms with Gasteiger partial charge in [0.1, 0.15) is 11.5 Å². The maximum absolute atomic E-state index is 7.03. The van der Waals surface area contributed by atoms with E-state index < -0.39 is 16.1 Å². The number of para-hydroxylation sites is 2. The Hall–Kier alpha value is -6.77. The van der Waals surface area contributed by atoms with Crippen molar-refractivity contribution in [2.75, 3.05) is 4.90 Å². The fraction of sp³-hybridized carbons (Fsp3) is 0. The molecular formula is C54H37NOSSi2. The molecule has 5 heteroatoms. The molecule has 0 N–H and O–H groups in total. The second-order valence-electron chi connectivity index (χ2n) is 15.6. The molecule has 0 atom stereocenters. The van der Waals surface area contributed by atoms with Gasteiger partial charge in [0.25, 0.3) is 0 Å². The van der Waals surface area contributed by atoms with Crippen LogP contribution >= 0.6 is 11.3 Å². The van der Waals surface area contributed by atoms with Crippen LogP contribution in [0.3, 0.4) is 0 Å². The number of thiophene rings is 1. The minimum absolute atomic E-state index is 0.935. The Kier molecular flexibility index (Phi) is 7.79. The molecule has 0 bridgehead atoms. The average Bonchev–Trinajstić information content (AvgIpc) is 3.68. The molecule has 9 aromatic carbocycles. The Balaban J connectivity index is 1.18. The van der Waals surface area contributed by atoms with E-state index in [1.807, 2.05) is 11.3 Å². The molecule has 2 nitrogen and oxygen atoms in total. The van der Waals surface area contributed by atoms with Crippen molar-refractivity contribution in [2.45, 2.75) is 0 Å². The monoisotopic (exact) mass is 803 g/mol. The summed E-state index contributed by atoms with van der Waals surface area (Å²) < 4.78 is 9.63. The maximum atomic E-state index is 7.03. The summed E-state index contributed by atoms with van der Waals surface area (Å²) >= 11 is 1.86. The first-order valence-corrected chi connectivity index (χ1v) is 25.1. The summed E-state index contributed by atoms with van der Waals surface area (Å²) in [7, 11) is -5.90. The van der Waals surface area contributed by atoms with E-state index in [1.54, 1.807) is 0 Å². The van der Waals surface area contributed by atoms with Crippen molar-refractivity contribution in [3.05, 3.63) is 224 Å². The molecule has 0 fully saturated rings. The van der Waals surface area contributed by atoms with Gasteiger partial charge >= 0.3 is 0 Å². The SMILES string of the molecule is c1ccc(N(c2ccc3c(c2)[Si]2(c4ccccc4O3)c3ccccc3[Si](c3ccccc3)(c3ccccc3)c3ccccc32)c2ccc3sc4ccccc4c3c2)cc1. The average molecular weight is 804 g/mol. The van der Waals surface area contributed by atoms with Crippen molar-refractivity contribution < 1.29 is 4.74 Å². The van der Waals surface area contributed by atoms with E-state index in [2.05, 4.69) is 229 Å². The molecule has 0 saturated carbocycles. The predicted molar refractivity (Wildman–Crippen MR) is 255 cm³/mol. The summed E-state index contributed by atoms with van der Waals surface area (Å²) in [4.78, 5) is 2.43. The fourth-order valence-corrected chi connectivity index (χ4v) is 23.7. The van der Waals surface area contributed by atoms with Crippen LogP contribution in [0.2, 0.25) is 0 Å². The lowest BCUT2D eigenvalue weighted by Gasteiger charge is -2.50. The van der Waals surface area contributed by atoms with Crippen LogP contribution in [0.15, 0.2) is 224 Å². The molecule has 59 heavy (non-hydrogen) atoms. The molecule has 2 aliphatic heterocycles. The van der Waals surface area contributed by atoms with Gasteiger partial charge in [-0.3, -0.25) is 0 Å². The molecule has 0 unspecified atom stereocenters. The van der Waals surface area contributed by atoms with E-state index in [4.69, 9.17) is 4.74 Å². The molecule has 12 rings (SSSR count). The Morgan fingerprint density at radius 2 is 0.797 bits per heavy atom. The topological polar surface area (TPSA) is 12.5 Å². The molecule has 10 aromatic rings. The molecule has 0 radical (unpaired) electrons. The van der Waals surface area contributed by atoms with Gasteiger partial charge in [-0.1, -0.05) is 164 Å². The number of hydrogen-bond acceptors (Lipinski definition) is 3. The van der Waals surface area contributed by atoms with Gasteiger partial charge in [-0.15, -0.1) is 11.3 Å². The first kappa shape index (κ1) is 34.3. The highest BCUT2D eigenvalue weighted by Crippen LogP contribution is 2.42. The molecular weight excluding hydrogens is 767 g/mol. The molecule has 0 aliphatic carbocycles. The third kappa shape index (κ3) is 4.90. The minimum atomic E-state index is -3.07. The summed E-state index contributed by atoms with van der Waals surface area (Å²) in [5.74, 6) is 1.89. The summed E-state index contributed by atoms with van der Waals surface area (Å²) in [6, 6.07) is 84.0. The van der Waals surface area contributed by atoms with Crippen LogP contribution in [0.25, 0.3) is 20.2 Å². The first-order valence-electron chi connectivity index (χ1n) is 20.3. The van der Waals surface area contributed by atoms with E-state index in [9.17, 15) is 0 Å². The Morgan fingerprint density at radius 3 is 1.46 bits per heavy atom. The van der Waals surface area contributed by atoms with E-state index >= 15 is 0 Å². The largest absolute Gasteiger partial charge is 0.458 e. The van der Waals surface area contributed by atoms with Crippen LogP contribution < -0.4 is 51.1 Å². The second-order valence-corrected chi connectivity index (χ2v) is 24.0. The van der Waals surface area contributed by atoms with Crippen LogP contribution in [-0.4, -0.2) is 16.1 Å². The van der Waals surface area contributed by atoms with Crippen molar-refractivity contribution in [3.8, 4) is 11.5 Å². The maximum Gasteiger partial charge on any atom is 0.188 e. The predicted octanol–water partition coefficient (Wildman–Crippen LogP) is 8.70. The lowest BCUT2D eigenvalue weighted by atomic mass is 10.1. The second kappa shape index (κ2) is 13.4. The summed E-state index contributed by atoms with van der Waals surface area (Å²) in [5.41, 5.74) is 3.35. The molecule has 3 heterocycles. The smallest absolute Gasteiger partial charge is 0.188 e. The number of nitrogens with zero attached hydrogens (tertiary/aromatic N) is 1. The lowest BCUT2D eigenvalue weighted by molar-refractivity contribution is 0.487. The third-order valence-electron chi connectivity index (χ3n) is 12.7. The van der Waals surface area contributed by atoms with Gasteiger partial charge in [0.05, 0.1) is 0 Å². The van der Waals surface area contributed by atoms with Gasteiger partial charge in [-0.25, -0.2) is 0 Å². The molecule has 1 aromatic heterocycles. The molecule has 0 saturated heterocycles. The zero-order valence-electron chi connectivity index (χ0n) is 32.1. The number of fused-ring (bicyclic) bond motifs is 11. The summed E-state index contributed by atoms with van der Waals surface area (Å²) in [6.07, 6.45) is 0. The first-order chi connectivity index (χ1) is 29.3. The van der Waals surface area contributed by atoms with E-state index in [-0.39, 0.29) is 0 Å². The highest BCUT2D eigenvalue weighted by atomic mass is 32.1. The molecule has 0 amide bonds. The number of anilines is 3. The van der Waals surface area contributed by atoms with Crippen LogP contribution in [-0.2, 0) is 0 Å². The number of ether oxygens (including phenoxy) is 1. The van der Waals surface area contributed by atoms with Crippen molar-refractivity contribution in [3.63, 3.8) is 0 Å². The number of rotatable bonds is 5. The van der Waals surface area contributed by atoms with Crippen molar-refractivity contribution >= 4 is 106 Å². The number of hydrogen-bond donors (Lipinski definition) is 0. The van der Waals surface area contributed by atoms with Crippen LogP contribution in [0.1, 0.15) is 0 Å². The van der Waals surface area contributed by atoms with Gasteiger partial charge in [-0.05, 0) is 102 Å². The number of benzene rings is 9. The Morgan fingerprint density at radius 1 is 0.322 bits per heavy atom. The summed E-state index contributed by atoms with van der Waals surface area (Å²) in [6.45, 7) is 0. The third-order valence-corrected chi connectivity index (χ3v) is 24.1. The highest BCUT2D eigenvalue weighted by Gasteiger charge is 2.59. The highest BCUT2D eigenvalue weighted by molar-refractivity contribution is 7.33. The minimum Gasteiger partial charge on any atom is -0.458 e. The van der Waals surface area contributed by atoms with E-state index in [1.165, 1.54) is 61.7 Å². The molecule has 1 spiro atoms. The van der Waals surface area contributed by atoms with E-state index in [0.717, 1.165) is 28.6 Å². The quantitative estimate of drug-likeness (QED) is 0.162. The normalized spacial score (nSPS) is 14.2.